The molecule has 0 amide bonds. The van der Waals surface area contributed by atoms with Crippen molar-refractivity contribution in [3.05, 3.63) is 35.3 Å². The quantitative estimate of drug-likeness (QED) is 0.714. The number of anilines is 1. The minimum absolute atomic E-state index is 0.00569. The van der Waals surface area contributed by atoms with Gasteiger partial charge in [-0.15, -0.1) is 0 Å². The van der Waals surface area contributed by atoms with Crippen LogP contribution in [0.1, 0.15) is 13.8 Å². The maximum Gasteiger partial charge on any atom is 0.355 e. The molecule has 0 unspecified atom stereocenters. The van der Waals surface area contributed by atoms with E-state index in [0.717, 1.165) is 0 Å². The van der Waals surface area contributed by atoms with Crippen LogP contribution in [0.25, 0.3) is 0 Å². The largest absolute Gasteiger partial charge is 0.490 e. The fraction of sp³-hybridized carbons (Fsp3) is 0.444. The summed E-state index contributed by atoms with van der Waals surface area (Å²) in [5, 5.41) is 0. The van der Waals surface area contributed by atoms with E-state index in [0.29, 0.717) is 12.3 Å². The molecule has 142 valence electrons. The summed E-state index contributed by atoms with van der Waals surface area (Å²) in [6.45, 7) is 4.14. The van der Waals surface area contributed by atoms with Gasteiger partial charge in [-0.1, -0.05) is 13.8 Å². The Kier molecular flexibility index (Phi) is 6.57. The molecule has 8 heteroatoms. The molecule has 2 rings (SSSR count). The van der Waals surface area contributed by atoms with Crippen molar-refractivity contribution in [1.82, 2.24) is 0 Å². The molecule has 0 aliphatic carbocycles. The summed E-state index contributed by atoms with van der Waals surface area (Å²) < 4.78 is 34.6. The number of ether oxygens (including phenoxy) is 4. The average molecular weight is 367 g/mol. The summed E-state index contributed by atoms with van der Waals surface area (Å²) in [5.74, 6) is -1.68. The maximum absolute atomic E-state index is 14.4. The SMILES string of the molecule is COC(=O)C1=C(C(=O)OC)N(c2ccc(OCC(C)C)c(F)c2)COC1. The van der Waals surface area contributed by atoms with Gasteiger partial charge in [0.25, 0.3) is 0 Å². The third kappa shape index (κ3) is 4.32. The molecule has 1 aromatic rings. The predicted octanol–water partition coefficient (Wildman–Crippen LogP) is 2.25. The first-order valence-corrected chi connectivity index (χ1v) is 8.06. The van der Waals surface area contributed by atoms with Gasteiger partial charge in [-0.25, -0.2) is 14.0 Å². The zero-order valence-corrected chi connectivity index (χ0v) is 15.2. The standard InChI is InChI=1S/C18H22FNO6/c1-11(2)8-26-15-6-5-12(7-14(15)19)20-10-25-9-13(17(21)23-3)16(20)18(22)24-4/h5-7,11H,8-10H2,1-4H3. The lowest BCUT2D eigenvalue weighted by Crippen LogP contribution is -2.38. The van der Waals surface area contributed by atoms with Gasteiger partial charge in [0.05, 0.1) is 33.0 Å². The molecular weight excluding hydrogens is 345 g/mol. The second kappa shape index (κ2) is 8.66. The smallest absolute Gasteiger partial charge is 0.355 e. The van der Waals surface area contributed by atoms with E-state index in [2.05, 4.69) is 0 Å². The van der Waals surface area contributed by atoms with Crippen LogP contribution in [0, 0.1) is 11.7 Å². The Balaban J connectivity index is 2.40. The van der Waals surface area contributed by atoms with Crippen LogP contribution in [0.3, 0.4) is 0 Å². The Morgan fingerprint density at radius 1 is 1.23 bits per heavy atom. The number of esters is 2. The van der Waals surface area contributed by atoms with E-state index in [1.807, 2.05) is 13.8 Å². The first-order chi connectivity index (χ1) is 12.4. The van der Waals surface area contributed by atoms with Gasteiger partial charge in [0.15, 0.2) is 11.6 Å². The van der Waals surface area contributed by atoms with Crippen LogP contribution < -0.4 is 9.64 Å². The minimum Gasteiger partial charge on any atom is -0.490 e. The summed E-state index contributed by atoms with van der Waals surface area (Å²) in [7, 11) is 2.39. The van der Waals surface area contributed by atoms with Crippen LogP contribution in [0.2, 0.25) is 0 Å². The molecule has 1 aliphatic heterocycles. The van der Waals surface area contributed by atoms with Gasteiger partial charge < -0.3 is 23.8 Å². The van der Waals surface area contributed by atoms with E-state index < -0.39 is 17.8 Å². The lowest BCUT2D eigenvalue weighted by Gasteiger charge is -2.31. The van der Waals surface area contributed by atoms with E-state index in [4.69, 9.17) is 18.9 Å². The van der Waals surface area contributed by atoms with E-state index in [9.17, 15) is 14.0 Å². The molecule has 0 fully saturated rings. The first kappa shape index (κ1) is 19.7. The lowest BCUT2D eigenvalue weighted by molar-refractivity contribution is -0.140. The highest BCUT2D eigenvalue weighted by atomic mass is 19.1. The van der Waals surface area contributed by atoms with Crippen LogP contribution in [0.4, 0.5) is 10.1 Å². The summed E-state index contributed by atoms with van der Waals surface area (Å²) in [4.78, 5) is 25.5. The molecule has 7 nitrogen and oxygen atoms in total. The van der Waals surface area contributed by atoms with Gasteiger partial charge in [0, 0.05) is 11.8 Å². The van der Waals surface area contributed by atoms with Gasteiger partial charge >= 0.3 is 11.9 Å². The summed E-state index contributed by atoms with van der Waals surface area (Å²) in [6, 6.07) is 4.25. The van der Waals surface area contributed by atoms with Gasteiger partial charge in [0.1, 0.15) is 12.4 Å². The number of carbonyl (C=O) groups excluding carboxylic acids is 2. The summed E-state index contributed by atoms with van der Waals surface area (Å²) in [5.41, 5.74) is 0.285. The van der Waals surface area contributed by atoms with E-state index >= 15 is 0 Å². The van der Waals surface area contributed by atoms with Crippen LogP contribution in [-0.2, 0) is 23.8 Å². The summed E-state index contributed by atoms with van der Waals surface area (Å²) >= 11 is 0. The highest BCUT2D eigenvalue weighted by molar-refractivity contribution is 6.03. The van der Waals surface area contributed by atoms with Crippen molar-refractivity contribution in [2.45, 2.75) is 13.8 Å². The highest BCUT2D eigenvalue weighted by Crippen LogP contribution is 2.30. The Morgan fingerprint density at radius 3 is 2.50 bits per heavy atom. The van der Waals surface area contributed by atoms with Crippen LogP contribution in [0.15, 0.2) is 29.5 Å². The fourth-order valence-corrected chi connectivity index (χ4v) is 2.38. The van der Waals surface area contributed by atoms with Crippen molar-refractivity contribution >= 4 is 17.6 Å². The van der Waals surface area contributed by atoms with Crippen molar-refractivity contribution in [3.8, 4) is 5.75 Å². The van der Waals surface area contributed by atoms with Gasteiger partial charge in [-0.3, -0.25) is 0 Å². The van der Waals surface area contributed by atoms with Crippen LogP contribution >= 0.6 is 0 Å². The molecule has 0 N–H and O–H groups in total. The normalized spacial score (nSPS) is 14.5. The molecule has 1 aromatic carbocycles. The molecule has 0 radical (unpaired) electrons. The van der Waals surface area contributed by atoms with E-state index in [1.54, 1.807) is 6.07 Å². The zero-order valence-electron chi connectivity index (χ0n) is 15.2. The number of halogens is 1. The van der Waals surface area contributed by atoms with Crippen LogP contribution in [0.5, 0.6) is 5.75 Å². The van der Waals surface area contributed by atoms with Crippen LogP contribution in [-0.4, -0.2) is 46.1 Å². The Morgan fingerprint density at radius 2 is 1.92 bits per heavy atom. The van der Waals surface area contributed by atoms with Gasteiger partial charge in [-0.2, -0.15) is 0 Å². The number of rotatable bonds is 6. The van der Waals surface area contributed by atoms with Crippen molar-refractivity contribution in [2.75, 3.05) is 39.1 Å². The second-order valence-electron chi connectivity index (χ2n) is 6.04. The zero-order chi connectivity index (χ0) is 19.3. The maximum atomic E-state index is 14.4. The molecule has 1 aliphatic rings. The Labute approximate surface area is 151 Å². The molecule has 26 heavy (non-hydrogen) atoms. The molecule has 0 atom stereocenters. The third-order valence-electron chi connectivity index (χ3n) is 3.63. The molecule has 0 aromatic heterocycles. The molecular formula is C18H22FNO6. The second-order valence-corrected chi connectivity index (χ2v) is 6.04. The van der Waals surface area contributed by atoms with E-state index in [1.165, 1.54) is 31.3 Å². The average Bonchev–Trinajstić information content (AvgIpc) is 2.64. The Bertz CT molecular complexity index is 716. The monoisotopic (exact) mass is 367 g/mol. The van der Waals surface area contributed by atoms with Crippen molar-refractivity contribution in [2.24, 2.45) is 5.92 Å². The number of methoxy groups -OCH3 is 2. The van der Waals surface area contributed by atoms with E-state index in [-0.39, 0.29) is 36.3 Å². The molecule has 0 spiro atoms. The lowest BCUT2D eigenvalue weighted by atomic mass is 10.1. The molecule has 0 bridgehead atoms. The Hall–Kier alpha value is -2.61. The topological polar surface area (TPSA) is 74.3 Å². The number of nitrogens with zero attached hydrogens (tertiary/aromatic N) is 1. The number of hydrogen-bond acceptors (Lipinski definition) is 7. The minimum atomic E-state index is -0.741. The molecule has 0 saturated carbocycles. The van der Waals surface area contributed by atoms with Gasteiger partial charge in [0.2, 0.25) is 0 Å². The van der Waals surface area contributed by atoms with Crippen molar-refractivity contribution < 1.29 is 32.9 Å². The van der Waals surface area contributed by atoms with Crippen molar-refractivity contribution in [3.63, 3.8) is 0 Å². The molecule has 1 heterocycles. The third-order valence-corrected chi connectivity index (χ3v) is 3.63. The highest BCUT2D eigenvalue weighted by Gasteiger charge is 2.32. The molecule has 0 saturated heterocycles. The number of benzene rings is 1. The summed E-state index contributed by atoms with van der Waals surface area (Å²) in [6.07, 6.45) is 0. The first-order valence-electron chi connectivity index (χ1n) is 8.06. The number of hydrogen-bond donors (Lipinski definition) is 0. The van der Waals surface area contributed by atoms with Gasteiger partial charge in [-0.05, 0) is 18.1 Å². The van der Waals surface area contributed by atoms with Crippen molar-refractivity contribution in [1.29, 1.82) is 0 Å². The number of carbonyl (C=O) groups is 2. The fourth-order valence-electron chi connectivity index (χ4n) is 2.38. The predicted molar refractivity (Wildman–Crippen MR) is 91.1 cm³/mol.